The maximum absolute atomic E-state index is 12.0. The van der Waals surface area contributed by atoms with Crippen LogP contribution in [0.1, 0.15) is 36.5 Å². The molecule has 0 saturated heterocycles. The summed E-state index contributed by atoms with van der Waals surface area (Å²) in [4.78, 5) is 18.5. The summed E-state index contributed by atoms with van der Waals surface area (Å²) in [6.45, 7) is 8.86. The van der Waals surface area contributed by atoms with Crippen molar-refractivity contribution < 1.29 is 4.79 Å². The van der Waals surface area contributed by atoms with Crippen molar-refractivity contribution in [3.63, 3.8) is 0 Å². The molecule has 0 spiro atoms. The van der Waals surface area contributed by atoms with Gasteiger partial charge in [0.25, 0.3) is 0 Å². The third-order valence-electron chi connectivity index (χ3n) is 4.66. The van der Waals surface area contributed by atoms with E-state index in [9.17, 15) is 4.79 Å². The first-order valence-electron chi connectivity index (χ1n) is 10.5. The van der Waals surface area contributed by atoms with Crippen LogP contribution in [0.4, 0.5) is 5.69 Å². The number of rotatable bonds is 9. The zero-order valence-corrected chi connectivity index (χ0v) is 18.8. The van der Waals surface area contributed by atoms with Gasteiger partial charge in [-0.15, -0.1) is 0 Å². The fraction of sp³-hybridized carbons (Fsp3) is 0.417. The first-order valence-corrected chi connectivity index (χ1v) is 10.5. The third kappa shape index (κ3) is 8.25. The lowest BCUT2D eigenvalue weighted by Gasteiger charge is -2.16. The number of amides is 1. The second-order valence-corrected chi connectivity index (χ2v) is 7.87. The summed E-state index contributed by atoms with van der Waals surface area (Å²) >= 11 is 0. The van der Waals surface area contributed by atoms with E-state index in [1.807, 2.05) is 43.3 Å². The Kier molecular flexibility index (Phi) is 9.35. The minimum atomic E-state index is -0.0271. The molecule has 0 bridgehead atoms. The van der Waals surface area contributed by atoms with Crippen LogP contribution >= 0.6 is 0 Å². The molecule has 2 aromatic carbocycles. The van der Waals surface area contributed by atoms with E-state index in [-0.39, 0.29) is 5.91 Å². The Labute approximate surface area is 180 Å². The summed E-state index contributed by atoms with van der Waals surface area (Å²) in [6.07, 6.45) is 0. The minimum absolute atomic E-state index is 0.0271. The number of hydrogen-bond acceptors (Lipinski definition) is 3. The maximum atomic E-state index is 12.0. The van der Waals surface area contributed by atoms with E-state index in [1.165, 1.54) is 11.1 Å². The van der Waals surface area contributed by atoms with E-state index in [2.05, 4.69) is 61.0 Å². The molecule has 0 aliphatic heterocycles. The predicted octanol–water partition coefficient (Wildman–Crippen LogP) is 3.35. The molecule has 2 rings (SSSR count). The van der Waals surface area contributed by atoms with Crippen molar-refractivity contribution in [3.8, 4) is 0 Å². The van der Waals surface area contributed by atoms with Gasteiger partial charge in [0.05, 0.1) is 13.1 Å². The Morgan fingerprint density at radius 2 is 1.83 bits per heavy atom. The monoisotopic (exact) mass is 409 g/mol. The number of hydrogen-bond donors (Lipinski definition) is 3. The molecule has 1 atom stereocenters. The lowest BCUT2D eigenvalue weighted by molar-refractivity contribution is -0.116. The van der Waals surface area contributed by atoms with Crippen LogP contribution in [-0.4, -0.2) is 50.5 Å². The Bertz CT molecular complexity index is 830. The molecule has 2 aromatic rings. The van der Waals surface area contributed by atoms with Gasteiger partial charge < -0.3 is 20.9 Å². The number of carbonyl (C=O) groups excluding carboxylic acids is 1. The van der Waals surface area contributed by atoms with Gasteiger partial charge in [0, 0.05) is 18.8 Å². The van der Waals surface area contributed by atoms with Gasteiger partial charge in [-0.05, 0) is 57.1 Å². The second-order valence-electron chi connectivity index (χ2n) is 7.87. The van der Waals surface area contributed by atoms with Crippen LogP contribution in [0, 0.1) is 6.92 Å². The maximum Gasteiger partial charge on any atom is 0.238 e. The second kappa shape index (κ2) is 12.0. The summed E-state index contributed by atoms with van der Waals surface area (Å²) in [5.74, 6) is 1.14. The van der Waals surface area contributed by atoms with Gasteiger partial charge in [-0.1, -0.05) is 48.9 Å². The van der Waals surface area contributed by atoms with E-state index in [1.54, 1.807) is 0 Å². The van der Waals surface area contributed by atoms with Gasteiger partial charge >= 0.3 is 0 Å². The molecule has 6 nitrogen and oxygen atoms in total. The van der Waals surface area contributed by atoms with Gasteiger partial charge in [-0.25, -0.2) is 4.99 Å². The predicted molar refractivity (Wildman–Crippen MR) is 126 cm³/mol. The Hall–Kier alpha value is -2.86. The molecule has 0 saturated carbocycles. The quantitative estimate of drug-likeness (QED) is 0.439. The average Bonchev–Trinajstić information content (AvgIpc) is 2.70. The van der Waals surface area contributed by atoms with Crippen molar-refractivity contribution >= 4 is 17.6 Å². The van der Waals surface area contributed by atoms with E-state index in [4.69, 9.17) is 4.99 Å². The van der Waals surface area contributed by atoms with Crippen molar-refractivity contribution in [2.45, 2.75) is 33.2 Å². The average molecular weight is 410 g/mol. The highest BCUT2D eigenvalue weighted by atomic mass is 16.2. The summed E-state index contributed by atoms with van der Waals surface area (Å²) in [5.41, 5.74) is 4.42. The molecule has 1 unspecified atom stereocenters. The summed E-state index contributed by atoms with van der Waals surface area (Å²) < 4.78 is 0. The zero-order chi connectivity index (χ0) is 21.9. The fourth-order valence-electron chi connectivity index (χ4n) is 3.01. The number of nitrogens with zero attached hydrogens (tertiary/aromatic N) is 2. The summed E-state index contributed by atoms with van der Waals surface area (Å²) in [5, 5.41) is 9.66. The van der Waals surface area contributed by atoms with Crippen LogP contribution < -0.4 is 16.0 Å². The van der Waals surface area contributed by atoms with Gasteiger partial charge in [-0.3, -0.25) is 4.79 Å². The Morgan fingerprint density at radius 3 is 2.50 bits per heavy atom. The Morgan fingerprint density at radius 1 is 1.10 bits per heavy atom. The molecule has 162 valence electrons. The molecular formula is C24H35N5O. The number of carbonyl (C=O) groups is 1. The number of guanidine groups is 1. The van der Waals surface area contributed by atoms with Gasteiger partial charge in [-0.2, -0.15) is 0 Å². The molecule has 0 fully saturated rings. The summed E-state index contributed by atoms with van der Waals surface area (Å²) in [6, 6.07) is 16.5. The fourth-order valence-corrected chi connectivity index (χ4v) is 3.01. The highest BCUT2D eigenvalue weighted by Gasteiger charge is 2.07. The largest absolute Gasteiger partial charge is 0.357 e. The normalized spacial score (nSPS) is 12.5. The number of aryl methyl sites for hydroxylation is 1. The Balaban J connectivity index is 1.95. The molecule has 6 heteroatoms. The smallest absolute Gasteiger partial charge is 0.238 e. The van der Waals surface area contributed by atoms with Crippen LogP contribution in [0.5, 0.6) is 0 Å². The first kappa shape index (κ1) is 23.4. The highest BCUT2D eigenvalue weighted by molar-refractivity contribution is 5.92. The van der Waals surface area contributed by atoms with Crippen molar-refractivity contribution in [1.82, 2.24) is 15.5 Å². The number of nitrogens with one attached hydrogen (secondary N) is 3. The van der Waals surface area contributed by atoms with E-state index >= 15 is 0 Å². The third-order valence-corrected chi connectivity index (χ3v) is 4.66. The van der Waals surface area contributed by atoms with Crippen LogP contribution in [0.3, 0.4) is 0 Å². The van der Waals surface area contributed by atoms with Crippen LogP contribution in [0.15, 0.2) is 53.5 Å². The van der Waals surface area contributed by atoms with Crippen LogP contribution in [0.25, 0.3) is 0 Å². The van der Waals surface area contributed by atoms with Gasteiger partial charge in [0.2, 0.25) is 5.91 Å². The number of anilines is 1. The molecule has 0 heterocycles. The number of aliphatic imine (C=N–C) groups is 1. The first-order chi connectivity index (χ1) is 14.4. The van der Waals surface area contributed by atoms with E-state index in [0.717, 1.165) is 30.3 Å². The molecule has 0 aromatic heterocycles. The van der Waals surface area contributed by atoms with E-state index in [0.29, 0.717) is 19.0 Å². The molecular weight excluding hydrogens is 374 g/mol. The van der Waals surface area contributed by atoms with Crippen molar-refractivity contribution in [3.05, 3.63) is 65.2 Å². The number of likely N-dealkylation sites (N-methyl/N-ethyl adjacent to an activating group) is 1. The van der Waals surface area contributed by atoms with Crippen molar-refractivity contribution in [1.29, 1.82) is 0 Å². The standard InChI is InChI=1S/C24H35N5O/c1-6-25-24(26-15-19(3)21-12-10-18(2)11-13-21)27-16-20-8-7-9-22(14-20)28-23(30)17-29(4)5/h7-14,19H,6,15-17H2,1-5H3,(H,28,30)(H2,25,26,27). The molecule has 1 amide bonds. The minimum Gasteiger partial charge on any atom is -0.357 e. The molecule has 0 aliphatic carbocycles. The van der Waals surface area contributed by atoms with Crippen molar-refractivity contribution in [2.24, 2.45) is 4.99 Å². The SMILES string of the molecule is CCNC(=NCc1cccc(NC(=O)CN(C)C)c1)NCC(C)c1ccc(C)cc1. The number of benzene rings is 2. The van der Waals surface area contributed by atoms with Crippen LogP contribution in [-0.2, 0) is 11.3 Å². The zero-order valence-electron chi connectivity index (χ0n) is 18.8. The lowest BCUT2D eigenvalue weighted by atomic mass is 10.0. The molecule has 3 N–H and O–H groups in total. The van der Waals surface area contributed by atoms with Crippen molar-refractivity contribution in [2.75, 3.05) is 39.0 Å². The van der Waals surface area contributed by atoms with E-state index < -0.39 is 0 Å². The molecule has 30 heavy (non-hydrogen) atoms. The highest BCUT2D eigenvalue weighted by Crippen LogP contribution is 2.15. The molecule has 0 radical (unpaired) electrons. The summed E-state index contributed by atoms with van der Waals surface area (Å²) in [7, 11) is 3.75. The van der Waals surface area contributed by atoms with Crippen LogP contribution in [0.2, 0.25) is 0 Å². The molecule has 0 aliphatic rings. The topological polar surface area (TPSA) is 68.8 Å². The van der Waals surface area contributed by atoms with Gasteiger partial charge in [0.15, 0.2) is 5.96 Å². The van der Waals surface area contributed by atoms with Gasteiger partial charge in [0.1, 0.15) is 0 Å². The lowest BCUT2D eigenvalue weighted by Crippen LogP contribution is -2.39.